The van der Waals surface area contributed by atoms with Crippen LogP contribution in [0.15, 0.2) is 54.1 Å². The molecule has 3 heterocycles. The number of fused-ring (bicyclic) bond motifs is 1. The summed E-state index contributed by atoms with van der Waals surface area (Å²) in [6.45, 7) is 5.15. The molecule has 4 nitrogen and oxygen atoms in total. The lowest BCUT2D eigenvalue weighted by atomic mass is 10.2. The molecule has 116 valence electrons. The van der Waals surface area contributed by atoms with E-state index in [9.17, 15) is 0 Å². The number of thiazole rings is 1. The van der Waals surface area contributed by atoms with Gasteiger partial charge in [0.1, 0.15) is 0 Å². The van der Waals surface area contributed by atoms with Crippen molar-refractivity contribution in [2.75, 3.05) is 16.5 Å². The Bertz CT molecular complexity index is 883. The predicted molar refractivity (Wildman–Crippen MR) is 96.8 cm³/mol. The van der Waals surface area contributed by atoms with Crippen LogP contribution in [-0.4, -0.2) is 16.6 Å². The molecule has 1 aliphatic rings. The summed E-state index contributed by atoms with van der Waals surface area (Å²) in [4.78, 5) is 13.3. The van der Waals surface area contributed by atoms with Gasteiger partial charge in [-0.15, -0.1) is 11.3 Å². The molecule has 0 radical (unpaired) electrons. The summed E-state index contributed by atoms with van der Waals surface area (Å²) in [5.41, 5.74) is 7.91. The van der Waals surface area contributed by atoms with Gasteiger partial charge in [-0.05, 0) is 43.2 Å². The van der Waals surface area contributed by atoms with E-state index in [2.05, 4.69) is 64.1 Å². The second-order valence-electron chi connectivity index (χ2n) is 5.68. The minimum absolute atomic E-state index is 0.819. The third-order valence-corrected chi connectivity index (χ3v) is 5.05. The Labute approximate surface area is 139 Å². The molecule has 0 saturated carbocycles. The van der Waals surface area contributed by atoms with Gasteiger partial charge in [0, 0.05) is 23.8 Å². The molecular weight excluding hydrogens is 304 g/mol. The highest BCUT2D eigenvalue weighted by atomic mass is 32.1. The summed E-state index contributed by atoms with van der Waals surface area (Å²) >= 11 is 1.68. The summed E-state index contributed by atoms with van der Waals surface area (Å²) in [6.07, 6.45) is 7.04. The van der Waals surface area contributed by atoms with E-state index in [0.29, 0.717) is 0 Å². The largest absolute Gasteiger partial charge is 0.328 e. The Kier molecular flexibility index (Phi) is 3.50. The lowest BCUT2D eigenvalue weighted by molar-refractivity contribution is 0.907. The van der Waals surface area contributed by atoms with E-state index in [-0.39, 0.29) is 0 Å². The van der Waals surface area contributed by atoms with Crippen LogP contribution in [0.25, 0.3) is 10.2 Å². The van der Waals surface area contributed by atoms with Gasteiger partial charge in [0.25, 0.3) is 0 Å². The van der Waals surface area contributed by atoms with Crippen molar-refractivity contribution in [1.82, 2.24) is 9.97 Å². The summed E-state index contributed by atoms with van der Waals surface area (Å²) in [7, 11) is 0. The first-order valence-electron chi connectivity index (χ1n) is 7.75. The number of aromatic nitrogens is 2. The van der Waals surface area contributed by atoms with Gasteiger partial charge in [-0.1, -0.05) is 6.92 Å². The highest BCUT2D eigenvalue weighted by Crippen LogP contribution is 2.33. The Morgan fingerprint density at radius 3 is 3.00 bits per heavy atom. The fourth-order valence-corrected chi connectivity index (χ4v) is 3.67. The molecule has 2 aromatic heterocycles. The molecule has 0 aliphatic carbocycles. The maximum absolute atomic E-state index is 4.36. The molecule has 0 fully saturated rings. The quantitative estimate of drug-likeness (QED) is 0.709. The molecule has 5 heteroatoms. The van der Waals surface area contributed by atoms with Gasteiger partial charge >= 0.3 is 0 Å². The van der Waals surface area contributed by atoms with E-state index >= 15 is 0 Å². The Hall–Kier alpha value is -2.40. The SMILES string of the molecule is CCC1=CN(c2ccc3ncsc3c2)CN1c1cnccc1C. The van der Waals surface area contributed by atoms with Crippen molar-refractivity contribution in [1.29, 1.82) is 0 Å². The Morgan fingerprint density at radius 2 is 2.17 bits per heavy atom. The van der Waals surface area contributed by atoms with E-state index in [1.807, 2.05) is 17.9 Å². The lowest BCUT2D eigenvalue weighted by Crippen LogP contribution is -2.27. The van der Waals surface area contributed by atoms with Gasteiger partial charge in [0.15, 0.2) is 0 Å². The van der Waals surface area contributed by atoms with Crippen molar-refractivity contribution in [2.45, 2.75) is 20.3 Å². The zero-order valence-corrected chi connectivity index (χ0v) is 14.0. The molecule has 0 amide bonds. The standard InChI is InChI=1S/C18H18N4S/c1-3-14-10-21(12-22(14)17-9-19-7-6-13(17)2)15-4-5-16-18(8-15)23-11-20-16/h4-11H,3,12H2,1-2H3. The number of hydrogen-bond donors (Lipinski definition) is 0. The average Bonchev–Trinajstić information content (AvgIpc) is 3.21. The number of hydrogen-bond acceptors (Lipinski definition) is 5. The van der Waals surface area contributed by atoms with Crippen molar-refractivity contribution < 1.29 is 0 Å². The van der Waals surface area contributed by atoms with Gasteiger partial charge in [0.05, 0.1) is 34.3 Å². The highest BCUT2D eigenvalue weighted by Gasteiger charge is 2.23. The van der Waals surface area contributed by atoms with E-state index in [0.717, 1.165) is 18.6 Å². The minimum Gasteiger partial charge on any atom is -0.328 e. The number of benzene rings is 1. The molecule has 0 saturated heterocycles. The average molecular weight is 322 g/mol. The van der Waals surface area contributed by atoms with Crippen LogP contribution in [0.2, 0.25) is 0 Å². The van der Waals surface area contributed by atoms with Gasteiger partial charge in [-0.25, -0.2) is 4.98 Å². The smallest absolute Gasteiger partial charge is 0.0992 e. The summed E-state index contributed by atoms with van der Waals surface area (Å²) in [5, 5.41) is 0. The van der Waals surface area contributed by atoms with Crippen molar-refractivity contribution in [2.24, 2.45) is 0 Å². The molecule has 4 rings (SSSR count). The third-order valence-electron chi connectivity index (χ3n) is 4.26. The van der Waals surface area contributed by atoms with Crippen LogP contribution in [0.3, 0.4) is 0 Å². The first-order valence-corrected chi connectivity index (χ1v) is 8.63. The topological polar surface area (TPSA) is 32.3 Å². The zero-order valence-electron chi connectivity index (χ0n) is 13.2. The predicted octanol–water partition coefficient (Wildman–Crippen LogP) is 4.54. The fraction of sp³-hybridized carbons (Fsp3) is 0.222. The summed E-state index contributed by atoms with van der Waals surface area (Å²) in [5.74, 6) is 0. The lowest BCUT2D eigenvalue weighted by Gasteiger charge is -2.25. The van der Waals surface area contributed by atoms with Crippen LogP contribution in [-0.2, 0) is 0 Å². The van der Waals surface area contributed by atoms with E-state index in [1.54, 1.807) is 11.3 Å². The van der Waals surface area contributed by atoms with Crippen LogP contribution in [0.5, 0.6) is 0 Å². The number of rotatable bonds is 3. The van der Waals surface area contributed by atoms with E-state index in [4.69, 9.17) is 0 Å². The number of pyridine rings is 1. The summed E-state index contributed by atoms with van der Waals surface area (Å²) in [6, 6.07) is 8.52. The Morgan fingerprint density at radius 1 is 1.26 bits per heavy atom. The number of nitrogens with zero attached hydrogens (tertiary/aromatic N) is 4. The first-order chi connectivity index (χ1) is 11.3. The van der Waals surface area contributed by atoms with Crippen molar-refractivity contribution in [3.05, 3.63) is 59.6 Å². The molecular formula is C18H18N4S. The molecule has 0 unspecified atom stereocenters. The first kappa shape index (κ1) is 14.2. The van der Waals surface area contributed by atoms with Crippen LogP contribution >= 0.6 is 11.3 Å². The van der Waals surface area contributed by atoms with Crippen LogP contribution < -0.4 is 9.80 Å². The number of allylic oxidation sites excluding steroid dienone is 1. The monoisotopic (exact) mass is 322 g/mol. The minimum atomic E-state index is 0.819. The molecule has 1 aromatic carbocycles. The highest BCUT2D eigenvalue weighted by molar-refractivity contribution is 7.16. The Balaban J connectivity index is 1.69. The molecule has 23 heavy (non-hydrogen) atoms. The fourth-order valence-electron chi connectivity index (χ4n) is 2.96. The van der Waals surface area contributed by atoms with E-state index in [1.165, 1.54) is 27.3 Å². The maximum atomic E-state index is 4.36. The molecule has 3 aromatic rings. The van der Waals surface area contributed by atoms with Crippen LogP contribution in [0.1, 0.15) is 18.9 Å². The molecule has 1 aliphatic heterocycles. The third kappa shape index (κ3) is 2.47. The number of anilines is 2. The van der Waals surface area contributed by atoms with Gasteiger partial charge in [0.2, 0.25) is 0 Å². The maximum Gasteiger partial charge on any atom is 0.0992 e. The molecule has 0 bridgehead atoms. The molecule has 0 N–H and O–H groups in total. The van der Waals surface area contributed by atoms with Gasteiger partial charge in [-0.3, -0.25) is 4.98 Å². The van der Waals surface area contributed by atoms with Crippen LogP contribution in [0.4, 0.5) is 11.4 Å². The summed E-state index contributed by atoms with van der Waals surface area (Å²) < 4.78 is 1.23. The second kappa shape index (κ2) is 5.66. The zero-order chi connectivity index (χ0) is 15.8. The van der Waals surface area contributed by atoms with Gasteiger partial charge < -0.3 is 9.80 Å². The molecule has 0 atom stereocenters. The van der Waals surface area contributed by atoms with E-state index < -0.39 is 0 Å². The van der Waals surface area contributed by atoms with Crippen molar-refractivity contribution in [3.63, 3.8) is 0 Å². The normalized spacial score (nSPS) is 14.6. The second-order valence-corrected chi connectivity index (χ2v) is 6.57. The van der Waals surface area contributed by atoms with Crippen molar-refractivity contribution >= 4 is 32.9 Å². The molecule has 0 spiro atoms. The van der Waals surface area contributed by atoms with Gasteiger partial charge in [-0.2, -0.15) is 0 Å². The van der Waals surface area contributed by atoms with Crippen molar-refractivity contribution in [3.8, 4) is 0 Å². The van der Waals surface area contributed by atoms with Crippen LogP contribution in [0, 0.1) is 6.92 Å². The number of aryl methyl sites for hydroxylation is 1.